The van der Waals surface area contributed by atoms with Gasteiger partial charge in [0.05, 0.1) is 0 Å². The van der Waals surface area contributed by atoms with Gasteiger partial charge in [0.2, 0.25) is 0 Å². The standard InChI is InChI=1S/C71H79BN2/c1-42-20-19-21-43(2)63(42)44-34-50-49-38-54-48(47-22-17-18-23-51(47)71(54,15)16)39-60(49)74(46-25-27-53-56(37-46)68(9,10)31-29-66(53,5)6)72-59-40-57-58(70(13,14)33-32-69(57,11)12)41-61(59)73(62(35-44)64(50)72)45-24-26-52-55(36-45)67(7,8)30-28-65(52,3)4/h17-27,34-41H,28-33H2,1-16H3. The Bertz CT molecular complexity index is 3570. The van der Waals surface area contributed by atoms with E-state index in [-0.39, 0.29) is 44.8 Å². The minimum Gasteiger partial charge on any atom is -0.376 e. The van der Waals surface area contributed by atoms with Crippen LogP contribution in [-0.2, 0) is 37.9 Å². The van der Waals surface area contributed by atoms with E-state index >= 15 is 0 Å². The first-order valence-electron chi connectivity index (χ1n) is 28.3. The molecule has 0 bridgehead atoms. The Morgan fingerprint density at radius 2 is 0.878 bits per heavy atom. The van der Waals surface area contributed by atoms with Gasteiger partial charge < -0.3 is 9.71 Å². The smallest absolute Gasteiger partial charge is 0.333 e. The van der Waals surface area contributed by atoms with E-state index in [9.17, 15) is 0 Å². The minimum atomic E-state index is -0.159. The molecule has 0 spiro atoms. The van der Waals surface area contributed by atoms with Crippen LogP contribution in [0.5, 0.6) is 0 Å². The zero-order valence-corrected chi connectivity index (χ0v) is 47.7. The van der Waals surface area contributed by atoms with Crippen LogP contribution in [0.1, 0.15) is 191 Å². The van der Waals surface area contributed by atoms with E-state index in [1.807, 2.05) is 0 Å². The van der Waals surface area contributed by atoms with Gasteiger partial charge in [-0.1, -0.05) is 158 Å². The lowest BCUT2D eigenvalue weighted by Gasteiger charge is -2.49. The third-order valence-electron chi connectivity index (χ3n) is 20.7. The van der Waals surface area contributed by atoms with Crippen molar-refractivity contribution < 1.29 is 0 Å². The fraction of sp³-hybridized carbons (Fsp3) is 0.408. The number of anilines is 5. The van der Waals surface area contributed by atoms with Crippen LogP contribution < -0.4 is 20.6 Å². The number of fused-ring (bicyclic) bond motifs is 10. The van der Waals surface area contributed by atoms with Crippen LogP contribution in [0.3, 0.4) is 0 Å². The topological polar surface area (TPSA) is 6.48 Å². The quantitative estimate of drug-likeness (QED) is 0.163. The van der Waals surface area contributed by atoms with Gasteiger partial charge in [0.15, 0.2) is 0 Å². The Kier molecular flexibility index (Phi) is 9.84. The largest absolute Gasteiger partial charge is 0.376 e. The van der Waals surface area contributed by atoms with Gasteiger partial charge in [0, 0.05) is 39.4 Å². The van der Waals surface area contributed by atoms with Crippen LogP contribution >= 0.6 is 0 Å². The molecule has 2 heterocycles. The molecule has 0 saturated heterocycles. The first kappa shape index (κ1) is 47.9. The van der Waals surface area contributed by atoms with E-state index in [4.69, 9.17) is 0 Å². The average molecular weight is 971 g/mol. The SMILES string of the molecule is Cc1cccc(C)c1-c1cc2c3c(c1)N(c1ccc4c(c1)C(C)(C)CCC4(C)C)c1cc4c(cc1B3N(c1ccc3c(c1)C(C)(C)CCC3(C)C)c1cc3c(cc1-2)C(C)(C)c1ccccc1-3)C(C)(C)CCC4(C)C. The highest BCUT2D eigenvalue weighted by atomic mass is 15.2. The molecule has 0 fully saturated rings. The van der Waals surface area contributed by atoms with Crippen LogP contribution in [0.25, 0.3) is 33.4 Å². The zero-order valence-electron chi connectivity index (χ0n) is 47.7. The second kappa shape index (κ2) is 15.2. The highest BCUT2D eigenvalue weighted by molar-refractivity contribution is 6.93. The summed E-state index contributed by atoms with van der Waals surface area (Å²) in [6.45, 7) is 39.3. The summed E-state index contributed by atoms with van der Waals surface area (Å²) >= 11 is 0. The molecule has 3 heteroatoms. The van der Waals surface area contributed by atoms with Crippen LogP contribution in [0.15, 0.2) is 115 Å². The number of rotatable bonds is 3. The molecule has 4 aliphatic carbocycles. The van der Waals surface area contributed by atoms with E-state index in [1.54, 1.807) is 0 Å². The summed E-state index contributed by atoms with van der Waals surface area (Å²) in [4.78, 5) is 5.60. The fourth-order valence-electron chi connectivity index (χ4n) is 15.6. The molecule has 0 atom stereocenters. The molecule has 0 saturated carbocycles. The number of nitrogens with zero attached hydrogens (tertiary/aromatic N) is 2. The number of aryl methyl sites for hydroxylation is 2. The van der Waals surface area contributed by atoms with Gasteiger partial charge in [0.1, 0.15) is 0 Å². The van der Waals surface area contributed by atoms with Crippen molar-refractivity contribution in [3.05, 3.63) is 171 Å². The Morgan fingerprint density at radius 1 is 0.365 bits per heavy atom. The van der Waals surface area contributed by atoms with Crippen LogP contribution in [-0.4, -0.2) is 6.85 Å². The summed E-state index contributed by atoms with van der Waals surface area (Å²) < 4.78 is 0. The van der Waals surface area contributed by atoms with Crippen LogP contribution in [0.2, 0.25) is 0 Å². The van der Waals surface area contributed by atoms with Crippen molar-refractivity contribution in [3.8, 4) is 33.4 Å². The number of benzene rings is 7. The highest BCUT2D eigenvalue weighted by Gasteiger charge is 2.50. The van der Waals surface area contributed by atoms with Gasteiger partial charge in [-0.25, -0.2) is 0 Å². The predicted octanol–water partition coefficient (Wildman–Crippen LogP) is 18.0. The normalized spacial score (nSPS) is 20.8. The van der Waals surface area contributed by atoms with Crippen molar-refractivity contribution in [2.75, 3.05) is 9.71 Å². The Morgan fingerprint density at radius 3 is 1.47 bits per heavy atom. The molecule has 0 aromatic heterocycles. The Balaban J connectivity index is 1.21. The van der Waals surface area contributed by atoms with E-state index in [0.29, 0.717) is 0 Å². The molecule has 376 valence electrons. The van der Waals surface area contributed by atoms with E-state index in [1.165, 1.54) is 167 Å². The summed E-state index contributed by atoms with van der Waals surface area (Å²) in [7, 11) is 0. The Hall–Kier alpha value is -5.80. The molecule has 0 radical (unpaired) electrons. The summed E-state index contributed by atoms with van der Waals surface area (Å²) in [6, 6.07) is 47.4. The highest BCUT2D eigenvalue weighted by Crippen LogP contribution is 2.58. The van der Waals surface area contributed by atoms with Crippen molar-refractivity contribution >= 4 is 46.2 Å². The molecule has 6 aliphatic rings. The van der Waals surface area contributed by atoms with Crippen LogP contribution in [0.4, 0.5) is 28.4 Å². The molecule has 7 aromatic rings. The summed E-state index contributed by atoms with van der Waals surface area (Å²) in [6.07, 6.45) is 7.07. The first-order valence-corrected chi connectivity index (χ1v) is 28.3. The lowest BCUT2D eigenvalue weighted by Crippen LogP contribution is -2.62. The summed E-state index contributed by atoms with van der Waals surface area (Å²) in [5.74, 6) is 0. The minimum absolute atomic E-state index is 0.0233. The average Bonchev–Trinajstić information content (AvgIpc) is 3.57. The fourth-order valence-corrected chi connectivity index (χ4v) is 15.6. The van der Waals surface area contributed by atoms with Crippen LogP contribution in [0, 0.1) is 13.8 Å². The van der Waals surface area contributed by atoms with Gasteiger partial charge in [-0.05, 0) is 234 Å². The third-order valence-corrected chi connectivity index (χ3v) is 20.7. The molecule has 0 amide bonds. The van der Waals surface area contributed by atoms with E-state index in [2.05, 4.69) is 236 Å². The van der Waals surface area contributed by atoms with E-state index < -0.39 is 0 Å². The second-order valence-corrected chi connectivity index (χ2v) is 28.6. The van der Waals surface area contributed by atoms with E-state index in [0.717, 1.165) is 0 Å². The summed E-state index contributed by atoms with van der Waals surface area (Å²) in [5, 5.41) is 0. The second-order valence-electron chi connectivity index (χ2n) is 28.6. The molecule has 0 N–H and O–H groups in total. The van der Waals surface area contributed by atoms with Gasteiger partial charge in [-0.3, -0.25) is 0 Å². The maximum absolute atomic E-state index is 2.84. The number of hydrogen-bond acceptors (Lipinski definition) is 2. The lowest BCUT2D eigenvalue weighted by molar-refractivity contribution is 0.332. The first-order chi connectivity index (χ1) is 34.7. The zero-order chi connectivity index (χ0) is 52.2. The Labute approximate surface area is 445 Å². The number of hydrogen-bond donors (Lipinski definition) is 0. The van der Waals surface area contributed by atoms with Gasteiger partial charge in [0.25, 0.3) is 0 Å². The predicted molar refractivity (Wildman–Crippen MR) is 318 cm³/mol. The molecular weight excluding hydrogens is 892 g/mol. The molecule has 2 nitrogen and oxygen atoms in total. The molecule has 2 aliphatic heterocycles. The van der Waals surface area contributed by atoms with Crippen molar-refractivity contribution in [2.45, 2.75) is 187 Å². The maximum Gasteiger partial charge on any atom is 0.333 e. The maximum atomic E-state index is 2.84. The third kappa shape index (κ3) is 6.62. The van der Waals surface area contributed by atoms with Crippen molar-refractivity contribution in [1.82, 2.24) is 0 Å². The van der Waals surface area contributed by atoms with Crippen molar-refractivity contribution in [2.24, 2.45) is 0 Å². The molecular formula is C71H79BN2. The molecule has 13 rings (SSSR count). The van der Waals surface area contributed by atoms with Gasteiger partial charge >= 0.3 is 6.85 Å². The molecule has 0 unspecified atom stereocenters. The monoisotopic (exact) mass is 971 g/mol. The molecule has 74 heavy (non-hydrogen) atoms. The van der Waals surface area contributed by atoms with Crippen molar-refractivity contribution in [1.29, 1.82) is 0 Å². The lowest BCUT2D eigenvalue weighted by atomic mass is 9.42. The molecule has 7 aromatic carbocycles. The summed E-state index contributed by atoms with van der Waals surface area (Å²) in [5.41, 5.74) is 32.1. The van der Waals surface area contributed by atoms with Crippen molar-refractivity contribution in [3.63, 3.8) is 0 Å². The van der Waals surface area contributed by atoms with Gasteiger partial charge in [-0.2, -0.15) is 0 Å². The van der Waals surface area contributed by atoms with Gasteiger partial charge in [-0.15, -0.1) is 0 Å².